The van der Waals surface area contributed by atoms with Gasteiger partial charge in [0.05, 0.1) is 15.1 Å². The van der Waals surface area contributed by atoms with E-state index in [1.165, 1.54) is 6.42 Å². The maximum absolute atomic E-state index is 5.61. The molecule has 84 valence electrons. The predicted octanol–water partition coefficient (Wildman–Crippen LogP) is 5.61. The number of hydrogen-bond donors (Lipinski definition) is 0. The molecule has 0 amide bonds. The Kier molecular flexibility index (Phi) is 7.00. The fraction of sp³-hybridized carbons (Fsp3) is 0.167. The van der Waals surface area contributed by atoms with Crippen molar-refractivity contribution in [3.8, 4) is 0 Å². The van der Waals surface area contributed by atoms with Crippen LogP contribution in [-0.4, -0.2) is 0 Å². The van der Waals surface area contributed by atoms with Gasteiger partial charge in [0, 0.05) is 0 Å². The van der Waals surface area contributed by atoms with E-state index < -0.39 is 0 Å². The van der Waals surface area contributed by atoms with E-state index in [2.05, 4.69) is 22.9 Å². The molecule has 0 unspecified atom stereocenters. The number of rotatable bonds is 1. The molecule has 0 spiro atoms. The molecule has 0 aliphatic heterocycles. The standard InChI is InChI=1S/C6H3Cl3.C5H5.CH3.Zr/c7-4-2-1-3-5(8)6(4)9;1-2-4-5-3-1;;/h1-3H;1-3H,4H2;1H3;. The van der Waals surface area contributed by atoms with Gasteiger partial charge in [-0.1, -0.05) is 40.9 Å². The number of hydrogen-bond acceptors (Lipinski definition) is 0. The number of benzene rings is 1. The van der Waals surface area contributed by atoms with Crippen molar-refractivity contribution in [2.75, 3.05) is 0 Å². The van der Waals surface area contributed by atoms with Crippen LogP contribution in [0.4, 0.5) is 0 Å². The molecule has 1 aliphatic carbocycles. The molecule has 0 bridgehead atoms. The molecule has 0 fully saturated rings. The Morgan fingerprint density at radius 1 is 1.12 bits per heavy atom. The molecule has 1 aliphatic rings. The van der Waals surface area contributed by atoms with Gasteiger partial charge in [0.2, 0.25) is 0 Å². The zero-order chi connectivity index (χ0) is 12.0. The van der Waals surface area contributed by atoms with Crippen molar-refractivity contribution in [1.29, 1.82) is 0 Å². The average Bonchev–Trinajstić information content (AvgIpc) is 2.79. The van der Waals surface area contributed by atoms with E-state index in [1.807, 2.05) is 0 Å². The minimum atomic E-state index is -0.0408. The summed E-state index contributed by atoms with van der Waals surface area (Å²) in [7, 11) is 0. The third kappa shape index (κ3) is 4.76. The number of allylic oxidation sites excluding steroid dienone is 4. The van der Waals surface area contributed by atoms with Crippen molar-refractivity contribution in [2.24, 2.45) is 0 Å². The molecule has 0 aromatic heterocycles. The Balaban J connectivity index is 0.000000165. The van der Waals surface area contributed by atoms with E-state index in [1.54, 1.807) is 21.5 Å². The molecule has 0 radical (unpaired) electrons. The van der Waals surface area contributed by atoms with Gasteiger partial charge in [0.15, 0.2) is 0 Å². The van der Waals surface area contributed by atoms with Crippen LogP contribution in [0.5, 0.6) is 0 Å². The second-order valence-corrected chi connectivity index (χ2v) is 7.11. The van der Waals surface area contributed by atoms with E-state index in [0.29, 0.717) is 15.1 Å². The molecule has 4 heteroatoms. The van der Waals surface area contributed by atoms with E-state index in [9.17, 15) is 0 Å². The Bertz CT molecular complexity index is 390. The zero-order valence-electron chi connectivity index (χ0n) is 8.81. The summed E-state index contributed by atoms with van der Waals surface area (Å²) in [6.45, 7) is 0. The van der Waals surface area contributed by atoms with Crippen molar-refractivity contribution in [3.05, 3.63) is 54.8 Å². The van der Waals surface area contributed by atoms with Gasteiger partial charge < -0.3 is 0 Å². The number of halogens is 3. The van der Waals surface area contributed by atoms with Crippen LogP contribution >= 0.6 is 34.8 Å². The topological polar surface area (TPSA) is 0 Å². The summed E-state index contributed by atoms with van der Waals surface area (Å²) in [6, 6.07) is 5.13. The summed E-state index contributed by atoms with van der Waals surface area (Å²) >= 11 is 16.8. The molecule has 0 N–H and O–H groups in total. The first-order valence-electron chi connectivity index (χ1n) is 4.78. The first-order valence-corrected chi connectivity index (χ1v) is 9.60. The van der Waals surface area contributed by atoms with Crippen molar-refractivity contribution < 1.29 is 23.2 Å². The average molecular weight is 353 g/mol. The van der Waals surface area contributed by atoms with Gasteiger partial charge in [0.1, 0.15) is 0 Å². The van der Waals surface area contributed by atoms with E-state index in [4.69, 9.17) is 34.8 Å². The van der Waals surface area contributed by atoms with Crippen LogP contribution in [0.25, 0.3) is 0 Å². The van der Waals surface area contributed by atoms with Crippen LogP contribution in [0, 0.1) is 0 Å². The predicted molar refractivity (Wildman–Crippen MR) is 69.2 cm³/mol. The monoisotopic (exact) mass is 350 g/mol. The van der Waals surface area contributed by atoms with Crippen LogP contribution < -0.4 is 0 Å². The van der Waals surface area contributed by atoms with Gasteiger partial charge in [-0.05, 0) is 12.1 Å². The summed E-state index contributed by atoms with van der Waals surface area (Å²) in [5.74, 6) is 0. The summed E-state index contributed by atoms with van der Waals surface area (Å²) in [5, 5.41) is 1.40. The molecule has 0 saturated heterocycles. The van der Waals surface area contributed by atoms with Crippen molar-refractivity contribution in [3.63, 3.8) is 0 Å². The normalized spacial score (nSPS) is 12.9. The van der Waals surface area contributed by atoms with E-state index in [0.717, 1.165) is 0 Å². The summed E-state index contributed by atoms with van der Waals surface area (Å²) in [4.78, 5) is 0. The van der Waals surface area contributed by atoms with Crippen LogP contribution in [-0.2, 0) is 23.2 Å². The van der Waals surface area contributed by atoms with Crippen molar-refractivity contribution in [2.45, 2.75) is 11.1 Å². The molecule has 1 aromatic rings. The second-order valence-electron chi connectivity index (χ2n) is 3.11. The quantitative estimate of drug-likeness (QED) is 0.576. The zero-order valence-corrected chi connectivity index (χ0v) is 13.5. The molecule has 0 saturated carbocycles. The van der Waals surface area contributed by atoms with Gasteiger partial charge in [0.25, 0.3) is 0 Å². The SMILES string of the molecule is Clc1cccc(Cl)c1Cl.[CH3][Zr][C]1=CC=CC1. The molecule has 0 heterocycles. The van der Waals surface area contributed by atoms with Gasteiger partial charge in [-0.25, -0.2) is 0 Å². The molecule has 1 aromatic carbocycles. The van der Waals surface area contributed by atoms with Gasteiger partial charge in [-0.2, -0.15) is 0 Å². The fourth-order valence-electron chi connectivity index (χ4n) is 1.11. The van der Waals surface area contributed by atoms with E-state index >= 15 is 0 Å². The van der Waals surface area contributed by atoms with Gasteiger partial charge in [-0.3, -0.25) is 0 Å². The fourth-order valence-corrected chi connectivity index (χ4v) is 3.07. The Morgan fingerprint density at radius 2 is 1.75 bits per heavy atom. The van der Waals surface area contributed by atoms with Gasteiger partial charge >= 0.3 is 55.8 Å². The summed E-state index contributed by atoms with van der Waals surface area (Å²) in [5.41, 5.74) is 0. The second kappa shape index (κ2) is 7.72. The van der Waals surface area contributed by atoms with Crippen LogP contribution in [0.15, 0.2) is 39.7 Å². The molecule has 0 atom stereocenters. The maximum atomic E-state index is 5.61. The molecular formula is C12H11Cl3Zr. The molecule has 2 rings (SSSR count). The first kappa shape index (κ1) is 14.5. The molecule has 0 nitrogen and oxygen atoms in total. The van der Waals surface area contributed by atoms with E-state index in [-0.39, 0.29) is 23.2 Å². The van der Waals surface area contributed by atoms with Crippen LogP contribution in [0.2, 0.25) is 19.7 Å². The summed E-state index contributed by atoms with van der Waals surface area (Å²) < 4.78 is 4.09. The first-order chi connectivity index (χ1) is 7.65. The van der Waals surface area contributed by atoms with Crippen LogP contribution in [0.1, 0.15) is 6.42 Å². The van der Waals surface area contributed by atoms with Crippen molar-refractivity contribution in [1.82, 2.24) is 0 Å². The van der Waals surface area contributed by atoms with Crippen molar-refractivity contribution >= 4 is 34.8 Å². The van der Waals surface area contributed by atoms with Crippen LogP contribution in [0.3, 0.4) is 0 Å². The molecule has 16 heavy (non-hydrogen) atoms. The Morgan fingerprint density at radius 3 is 2.06 bits per heavy atom. The minimum absolute atomic E-state index is 0.0408. The molecular weight excluding hydrogens is 342 g/mol. The third-order valence-electron chi connectivity index (χ3n) is 2.00. The summed E-state index contributed by atoms with van der Waals surface area (Å²) in [6.07, 6.45) is 7.94. The Hall–Kier alpha value is 0.453. The van der Waals surface area contributed by atoms with Gasteiger partial charge in [-0.15, -0.1) is 0 Å². The third-order valence-corrected chi connectivity index (χ3v) is 5.72. The Labute approximate surface area is 123 Å².